The second-order valence-electron chi connectivity index (χ2n) is 5.54. The highest BCUT2D eigenvalue weighted by atomic mass is 16.5. The highest BCUT2D eigenvalue weighted by Crippen LogP contribution is 2.28. The molecule has 2 aliphatic heterocycles. The molecule has 3 rings (SSSR count). The minimum atomic E-state index is -0.423. The van der Waals surface area contributed by atoms with Crippen LogP contribution in [-0.2, 0) is 23.9 Å². The molecule has 2 aliphatic rings. The summed E-state index contributed by atoms with van der Waals surface area (Å²) in [5.41, 5.74) is 1.49. The maximum absolute atomic E-state index is 12.1. The van der Waals surface area contributed by atoms with Gasteiger partial charge in [0.05, 0.1) is 19.6 Å². The van der Waals surface area contributed by atoms with Crippen molar-refractivity contribution in [2.24, 2.45) is 5.92 Å². The van der Waals surface area contributed by atoms with Crippen molar-refractivity contribution in [3.8, 4) is 0 Å². The minimum Gasteiger partial charge on any atom is -0.469 e. The van der Waals surface area contributed by atoms with Crippen LogP contribution in [-0.4, -0.2) is 51.2 Å². The van der Waals surface area contributed by atoms with Crippen LogP contribution in [0.5, 0.6) is 0 Å². The lowest BCUT2D eigenvalue weighted by Gasteiger charge is -2.27. The first-order chi connectivity index (χ1) is 11.1. The molecule has 0 saturated carbocycles. The van der Waals surface area contributed by atoms with Crippen molar-refractivity contribution in [1.29, 1.82) is 0 Å². The molecule has 1 aromatic rings. The number of hydrogen-bond acceptors (Lipinski definition) is 5. The van der Waals surface area contributed by atoms with Gasteiger partial charge in [0, 0.05) is 30.9 Å². The summed E-state index contributed by atoms with van der Waals surface area (Å²) < 4.78 is 9.81. The number of hydrogen-bond donors (Lipinski definition) is 0. The van der Waals surface area contributed by atoms with Gasteiger partial charge in [0.15, 0.2) is 0 Å². The second-order valence-corrected chi connectivity index (χ2v) is 5.54. The maximum Gasteiger partial charge on any atom is 0.311 e. The fourth-order valence-corrected chi connectivity index (χ4v) is 2.89. The van der Waals surface area contributed by atoms with E-state index in [1.807, 2.05) is 0 Å². The third-order valence-electron chi connectivity index (χ3n) is 4.12. The standard InChI is InChI=1S/C16H18N2O5/c1-22-16(21)11-8-14(19)18(9-11)13-4-2-12(3-5-13)17-6-7-23-10-15(17)20/h2-5,11H,6-10H2,1H3. The van der Waals surface area contributed by atoms with Crippen LogP contribution < -0.4 is 9.80 Å². The number of nitrogens with zero attached hydrogens (tertiary/aromatic N) is 2. The van der Waals surface area contributed by atoms with Crippen LogP contribution in [0.4, 0.5) is 11.4 Å². The molecule has 23 heavy (non-hydrogen) atoms. The molecule has 1 atom stereocenters. The number of rotatable bonds is 3. The largest absolute Gasteiger partial charge is 0.469 e. The molecule has 0 aromatic heterocycles. The summed E-state index contributed by atoms with van der Waals surface area (Å²) in [6.07, 6.45) is 0.163. The third-order valence-corrected chi connectivity index (χ3v) is 4.12. The fourth-order valence-electron chi connectivity index (χ4n) is 2.89. The van der Waals surface area contributed by atoms with Crippen molar-refractivity contribution >= 4 is 29.2 Å². The van der Waals surface area contributed by atoms with E-state index >= 15 is 0 Å². The zero-order chi connectivity index (χ0) is 16.4. The van der Waals surface area contributed by atoms with Crippen LogP contribution in [0.3, 0.4) is 0 Å². The van der Waals surface area contributed by atoms with Crippen molar-refractivity contribution in [2.45, 2.75) is 6.42 Å². The number of benzene rings is 1. The molecular weight excluding hydrogens is 300 g/mol. The van der Waals surface area contributed by atoms with E-state index in [1.54, 1.807) is 34.1 Å². The molecule has 2 fully saturated rings. The van der Waals surface area contributed by atoms with E-state index in [-0.39, 0.29) is 30.8 Å². The second kappa shape index (κ2) is 6.37. The lowest BCUT2D eigenvalue weighted by Crippen LogP contribution is -2.41. The van der Waals surface area contributed by atoms with Crippen LogP contribution in [0, 0.1) is 5.92 Å². The van der Waals surface area contributed by atoms with Crippen LogP contribution in [0.15, 0.2) is 24.3 Å². The molecule has 2 heterocycles. The monoisotopic (exact) mass is 318 g/mol. The number of morpholine rings is 1. The van der Waals surface area contributed by atoms with E-state index in [0.29, 0.717) is 25.4 Å². The van der Waals surface area contributed by atoms with Crippen LogP contribution in [0.25, 0.3) is 0 Å². The fraction of sp³-hybridized carbons (Fsp3) is 0.438. The molecule has 2 saturated heterocycles. The topological polar surface area (TPSA) is 76.2 Å². The Balaban J connectivity index is 1.73. The van der Waals surface area contributed by atoms with Crippen molar-refractivity contribution in [3.63, 3.8) is 0 Å². The smallest absolute Gasteiger partial charge is 0.311 e. The van der Waals surface area contributed by atoms with Crippen LogP contribution in [0.2, 0.25) is 0 Å². The van der Waals surface area contributed by atoms with E-state index in [9.17, 15) is 14.4 Å². The summed E-state index contributed by atoms with van der Waals surface area (Å²) in [6.45, 7) is 1.44. The SMILES string of the molecule is COC(=O)C1CC(=O)N(c2ccc(N3CCOCC3=O)cc2)C1. The lowest BCUT2D eigenvalue weighted by atomic mass is 10.1. The quantitative estimate of drug-likeness (QED) is 0.762. The number of methoxy groups -OCH3 is 1. The summed E-state index contributed by atoms with van der Waals surface area (Å²) >= 11 is 0. The van der Waals surface area contributed by atoms with Gasteiger partial charge in [0.1, 0.15) is 6.61 Å². The molecule has 0 aliphatic carbocycles. The summed E-state index contributed by atoms with van der Waals surface area (Å²) in [4.78, 5) is 38.7. The summed E-state index contributed by atoms with van der Waals surface area (Å²) in [5, 5.41) is 0. The highest BCUT2D eigenvalue weighted by Gasteiger charge is 2.35. The van der Waals surface area contributed by atoms with Gasteiger partial charge < -0.3 is 19.3 Å². The van der Waals surface area contributed by atoms with Gasteiger partial charge in [-0.2, -0.15) is 0 Å². The normalized spacial score (nSPS) is 21.7. The number of esters is 1. The molecular formula is C16H18N2O5. The van der Waals surface area contributed by atoms with E-state index < -0.39 is 5.92 Å². The summed E-state index contributed by atoms with van der Waals surface area (Å²) in [7, 11) is 1.32. The van der Waals surface area contributed by atoms with E-state index in [0.717, 1.165) is 5.69 Å². The average Bonchev–Trinajstić information content (AvgIpc) is 2.97. The third kappa shape index (κ3) is 3.05. The minimum absolute atomic E-state index is 0.0768. The van der Waals surface area contributed by atoms with Gasteiger partial charge in [-0.3, -0.25) is 14.4 Å². The Morgan fingerprint density at radius 2 is 1.78 bits per heavy atom. The highest BCUT2D eigenvalue weighted by molar-refractivity contribution is 6.00. The molecule has 1 unspecified atom stereocenters. The maximum atomic E-state index is 12.1. The van der Waals surface area contributed by atoms with Gasteiger partial charge >= 0.3 is 5.97 Å². The molecule has 7 heteroatoms. The van der Waals surface area contributed by atoms with E-state index in [2.05, 4.69) is 0 Å². The molecule has 0 bridgehead atoms. The molecule has 1 aromatic carbocycles. The Hall–Kier alpha value is -2.41. The Bertz CT molecular complexity index is 628. The molecule has 122 valence electrons. The molecule has 0 spiro atoms. The van der Waals surface area contributed by atoms with Gasteiger partial charge in [-0.25, -0.2) is 0 Å². The number of carbonyl (C=O) groups is 3. The number of anilines is 2. The van der Waals surface area contributed by atoms with E-state index in [4.69, 9.17) is 9.47 Å². The zero-order valence-corrected chi connectivity index (χ0v) is 12.9. The predicted molar refractivity (Wildman–Crippen MR) is 82.1 cm³/mol. The molecule has 7 nitrogen and oxygen atoms in total. The van der Waals surface area contributed by atoms with Gasteiger partial charge in [-0.15, -0.1) is 0 Å². The van der Waals surface area contributed by atoms with Crippen molar-refractivity contribution < 1.29 is 23.9 Å². The number of amides is 2. The van der Waals surface area contributed by atoms with Crippen molar-refractivity contribution in [1.82, 2.24) is 0 Å². The zero-order valence-electron chi connectivity index (χ0n) is 12.9. The lowest BCUT2D eigenvalue weighted by molar-refractivity contribution is -0.145. The average molecular weight is 318 g/mol. The predicted octanol–water partition coefficient (Wildman–Crippen LogP) is 0.576. The Kier molecular flexibility index (Phi) is 4.29. The first-order valence-corrected chi connectivity index (χ1v) is 7.46. The molecule has 2 amide bonds. The van der Waals surface area contributed by atoms with Gasteiger partial charge in [0.2, 0.25) is 5.91 Å². The Morgan fingerprint density at radius 1 is 1.13 bits per heavy atom. The van der Waals surface area contributed by atoms with Crippen molar-refractivity contribution in [3.05, 3.63) is 24.3 Å². The van der Waals surface area contributed by atoms with Crippen molar-refractivity contribution in [2.75, 3.05) is 43.2 Å². The van der Waals surface area contributed by atoms with Gasteiger partial charge in [0.25, 0.3) is 5.91 Å². The number of ether oxygens (including phenoxy) is 2. The molecule has 0 N–H and O–H groups in total. The van der Waals surface area contributed by atoms with E-state index in [1.165, 1.54) is 7.11 Å². The summed E-state index contributed by atoms with van der Waals surface area (Å²) in [6, 6.07) is 7.18. The number of carbonyl (C=O) groups excluding carboxylic acids is 3. The van der Waals surface area contributed by atoms with Crippen LogP contribution in [0.1, 0.15) is 6.42 Å². The van der Waals surface area contributed by atoms with Gasteiger partial charge in [-0.05, 0) is 24.3 Å². The Morgan fingerprint density at radius 3 is 2.39 bits per heavy atom. The van der Waals surface area contributed by atoms with Gasteiger partial charge in [-0.1, -0.05) is 0 Å². The first-order valence-electron chi connectivity index (χ1n) is 7.46. The van der Waals surface area contributed by atoms with Crippen LogP contribution >= 0.6 is 0 Å². The first kappa shape index (κ1) is 15.5. The molecule has 0 radical (unpaired) electrons. The Labute approximate surface area is 133 Å². The summed E-state index contributed by atoms with van der Waals surface area (Å²) in [5.74, 6) is -0.966.